The number of fused-ring (bicyclic) bond motifs is 5. The third-order valence-electron chi connectivity index (χ3n) is 4.89. The lowest BCUT2D eigenvalue weighted by Gasteiger charge is -2.24. The summed E-state index contributed by atoms with van der Waals surface area (Å²) in [6, 6.07) is 14.4. The Balaban J connectivity index is 2.10. The van der Waals surface area contributed by atoms with E-state index in [4.69, 9.17) is 0 Å². The van der Waals surface area contributed by atoms with E-state index >= 15 is 0 Å². The molecule has 4 rings (SSSR count). The predicted octanol–water partition coefficient (Wildman–Crippen LogP) is 3.95. The third-order valence-corrected chi connectivity index (χ3v) is 4.89. The van der Waals surface area contributed by atoms with Crippen molar-refractivity contribution >= 4 is 16.5 Å². The van der Waals surface area contributed by atoms with Crippen LogP contribution in [0.2, 0.25) is 0 Å². The largest absolute Gasteiger partial charge is 0.372 e. The SMILES string of the molecule is CCN(CC)c1cccc2c(=O)[nH]c3c(c12)Cc1ccccc1-3. The van der Waals surface area contributed by atoms with E-state index in [0.29, 0.717) is 0 Å². The van der Waals surface area contributed by atoms with Crippen molar-refractivity contribution in [2.75, 3.05) is 18.0 Å². The van der Waals surface area contributed by atoms with Crippen LogP contribution < -0.4 is 10.5 Å². The summed E-state index contributed by atoms with van der Waals surface area (Å²) in [7, 11) is 0. The second-order valence-corrected chi connectivity index (χ2v) is 6.01. The molecule has 0 aliphatic heterocycles. The van der Waals surface area contributed by atoms with Gasteiger partial charge in [-0.3, -0.25) is 4.79 Å². The van der Waals surface area contributed by atoms with Crippen LogP contribution in [0.15, 0.2) is 47.3 Å². The van der Waals surface area contributed by atoms with Gasteiger partial charge < -0.3 is 9.88 Å². The third kappa shape index (κ3) is 2.00. The van der Waals surface area contributed by atoms with Crippen molar-refractivity contribution in [3.8, 4) is 11.3 Å². The predicted molar refractivity (Wildman–Crippen MR) is 96.4 cm³/mol. The lowest BCUT2D eigenvalue weighted by molar-refractivity contribution is 0.870. The van der Waals surface area contributed by atoms with Crippen molar-refractivity contribution in [3.05, 3.63) is 63.9 Å². The quantitative estimate of drug-likeness (QED) is 0.622. The minimum atomic E-state index is 0.00413. The lowest BCUT2D eigenvalue weighted by Crippen LogP contribution is -2.23. The fourth-order valence-corrected chi connectivity index (χ4v) is 3.77. The minimum absolute atomic E-state index is 0.00413. The van der Waals surface area contributed by atoms with Gasteiger partial charge in [0.1, 0.15) is 0 Å². The molecule has 0 spiro atoms. The van der Waals surface area contributed by atoms with Crippen LogP contribution in [0, 0.1) is 0 Å². The van der Waals surface area contributed by atoms with Gasteiger partial charge in [0, 0.05) is 41.5 Å². The molecule has 1 aromatic heterocycles. The van der Waals surface area contributed by atoms with Gasteiger partial charge in [0.15, 0.2) is 0 Å². The van der Waals surface area contributed by atoms with Crippen molar-refractivity contribution < 1.29 is 0 Å². The first-order valence-corrected chi connectivity index (χ1v) is 8.25. The second kappa shape index (κ2) is 5.27. The monoisotopic (exact) mass is 304 g/mol. The maximum Gasteiger partial charge on any atom is 0.256 e. The number of pyridine rings is 1. The molecule has 0 unspecified atom stereocenters. The molecule has 0 fully saturated rings. The molecule has 0 saturated heterocycles. The summed E-state index contributed by atoms with van der Waals surface area (Å²) < 4.78 is 0. The Morgan fingerprint density at radius 2 is 1.83 bits per heavy atom. The second-order valence-electron chi connectivity index (χ2n) is 6.01. The maximum absolute atomic E-state index is 12.6. The zero-order valence-electron chi connectivity index (χ0n) is 13.5. The molecule has 1 aliphatic rings. The summed E-state index contributed by atoms with van der Waals surface area (Å²) in [5.74, 6) is 0. The van der Waals surface area contributed by atoms with Crippen LogP contribution in [0.3, 0.4) is 0 Å². The van der Waals surface area contributed by atoms with Gasteiger partial charge in [0.25, 0.3) is 5.56 Å². The zero-order chi connectivity index (χ0) is 16.0. The van der Waals surface area contributed by atoms with Gasteiger partial charge in [-0.15, -0.1) is 0 Å². The number of nitrogens with zero attached hydrogens (tertiary/aromatic N) is 1. The number of hydrogen-bond donors (Lipinski definition) is 1. The average Bonchev–Trinajstić information content (AvgIpc) is 2.95. The highest BCUT2D eigenvalue weighted by Gasteiger charge is 2.24. The van der Waals surface area contributed by atoms with Crippen molar-refractivity contribution in [2.24, 2.45) is 0 Å². The van der Waals surface area contributed by atoms with E-state index in [2.05, 4.69) is 48.0 Å². The van der Waals surface area contributed by atoms with Crippen LogP contribution in [0.1, 0.15) is 25.0 Å². The molecule has 0 saturated carbocycles. The molecule has 2 aromatic carbocycles. The Kier molecular flexibility index (Phi) is 3.22. The number of aromatic amines is 1. The molecule has 0 atom stereocenters. The van der Waals surface area contributed by atoms with Crippen molar-refractivity contribution in [2.45, 2.75) is 20.3 Å². The van der Waals surface area contributed by atoms with Gasteiger partial charge in [-0.05, 0) is 37.1 Å². The van der Waals surface area contributed by atoms with Crippen LogP contribution >= 0.6 is 0 Å². The number of rotatable bonds is 3. The van der Waals surface area contributed by atoms with Crippen molar-refractivity contribution in [3.63, 3.8) is 0 Å². The van der Waals surface area contributed by atoms with E-state index in [9.17, 15) is 4.79 Å². The maximum atomic E-state index is 12.6. The van der Waals surface area contributed by atoms with E-state index < -0.39 is 0 Å². The van der Waals surface area contributed by atoms with Gasteiger partial charge in [-0.2, -0.15) is 0 Å². The normalized spacial score (nSPS) is 12.3. The molecule has 1 N–H and O–H groups in total. The van der Waals surface area contributed by atoms with E-state index in [1.54, 1.807) is 0 Å². The summed E-state index contributed by atoms with van der Waals surface area (Å²) >= 11 is 0. The summed E-state index contributed by atoms with van der Waals surface area (Å²) in [6.45, 7) is 6.18. The van der Waals surface area contributed by atoms with E-state index in [1.807, 2.05) is 18.2 Å². The van der Waals surface area contributed by atoms with E-state index in [1.165, 1.54) is 16.8 Å². The number of anilines is 1. The number of benzene rings is 2. The summed E-state index contributed by atoms with van der Waals surface area (Å²) in [4.78, 5) is 18.1. The van der Waals surface area contributed by atoms with Crippen LogP contribution in [0.5, 0.6) is 0 Å². The molecule has 1 heterocycles. The number of hydrogen-bond acceptors (Lipinski definition) is 2. The standard InChI is InChI=1S/C20H20N2O/c1-3-22(4-2)17-11-7-10-15-18(17)16-12-13-8-5-6-9-14(13)19(16)21-20(15)23/h5-11H,3-4,12H2,1-2H3,(H,21,23). The topological polar surface area (TPSA) is 36.1 Å². The molecule has 3 heteroatoms. The summed E-state index contributed by atoms with van der Waals surface area (Å²) in [5, 5.41) is 1.91. The number of H-pyrrole nitrogens is 1. The first-order chi connectivity index (χ1) is 11.2. The molecule has 116 valence electrons. The first kappa shape index (κ1) is 14.1. The van der Waals surface area contributed by atoms with Crippen LogP contribution in [0.25, 0.3) is 22.0 Å². The molecule has 3 nitrogen and oxygen atoms in total. The highest BCUT2D eigenvalue weighted by molar-refractivity contribution is 6.01. The van der Waals surface area contributed by atoms with E-state index in [0.717, 1.165) is 41.5 Å². The Bertz CT molecular complexity index is 952. The summed E-state index contributed by atoms with van der Waals surface area (Å²) in [5.41, 5.74) is 5.88. The molecule has 0 amide bonds. The Labute approximate surface area is 135 Å². The first-order valence-electron chi connectivity index (χ1n) is 8.25. The Hall–Kier alpha value is -2.55. The fourth-order valence-electron chi connectivity index (χ4n) is 3.77. The van der Waals surface area contributed by atoms with Gasteiger partial charge in [0.05, 0.1) is 5.69 Å². The van der Waals surface area contributed by atoms with E-state index in [-0.39, 0.29) is 5.56 Å². The molecule has 23 heavy (non-hydrogen) atoms. The highest BCUT2D eigenvalue weighted by Crippen LogP contribution is 2.40. The van der Waals surface area contributed by atoms with Crippen LogP contribution in [-0.4, -0.2) is 18.1 Å². The molecule has 3 aromatic rings. The van der Waals surface area contributed by atoms with Gasteiger partial charge in [-0.25, -0.2) is 0 Å². The molecule has 0 bridgehead atoms. The van der Waals surface area contributed by atoms with Crippen LogP contribution in [0.4, 0.5) is 5.69 Å². The zero-order valence-corrected chi connectivity index (χ0v) is 13.5. The number of aromatic nitrogens is 1. The Morgan fingerprint density at radius 3 is 2.61 bits per heavy atom. The van der Waals surface area contributed by atoms with Crippen molar-refractivity contribution in [1.29, 1.82) is 0 Å². The molecule has 0 radical (unpaired) electrons. The smallest absolute Gasteiger partial charge is 0.256 e. The fraction of sp³-hybridized carbons (Fsp3) is 0.250. The summed E-state index contributed by atoms with van der Waals surface area (Å²) in [6.07, 6.45) is 0.886. The number of nitrogens with one attached hydrogen (secondary N) is 1. The lowest BCUT2D eigenvalue weighted by atomic mass is 10.0. The van der Waals surface area contributed by atoms with Crippen LogP contribution in [-0.2, 0) is 6.42 Å². The average molecular weight is 304 g/mol. The Morgan fingerprint density at radius 1 is 1.04 bits per heavy atom. The van der Waals surface area contributed by atoms with Gasteiger partial charge in [0.2, 0.25) is 0 Å². The molecular formula is C20H20N2O. The van der Waals surface area contributed by atoms with Gasteiger partial charge >= 0.3 is 0 Å². The minimum Gasteiger partial charge on any atom is -0.372 e. The molecular weight excluding hydrogens is 284 g/mol. The molecule has 1 aliphatic carbocycles. The highest BCUT2D eigenvalue weighted by atomic mass is 16.1. The van der Waals surface area contributed by atoms with Crippen molar-refractivity contribution in [1.82, 2.24) is 4.98 Å². The van der Waals surface area contributed by atoms with Gasteiger partial charge in [-0.1, -0.05) is 30.3 Å².